The van der Waals surface area contributed by atoms with Crippen molar-refractivity contribution >= 4 is 26.8 Å². The lowest BCUT2D eigenvalue weighted by atomic mass is 10.1. The third kappa shape index (κ3) is 4.81. The number of rotatable bonds is 6. The van der Waals surface area contributed by atoms with E-state index in [1.807, 2.05) is 44.2 Å². The second kappa shape index (κ2) is 8.82. The number of aromatic amines is 1. The Morgan fingerprint density at radius 3 is 2.55 bits per heavy atom. The van der Waals surface area contributed by atoms with E-state index in [0.29, 0.717) is 37.6 Å². The normalized spacial score (nSPS) is 15.3. The van der Waals surface area contributed by atoms with Gasteiger partial charge in [-0.05, 0) is 48.2 Å². The molecule has 1 aromatic heterocycles. The highest BCUT2D eigenvalue weighted by Gasteiger charge is 2.25. The number of hydrogen-bond acceptors (Lipinski definition) is 4. The summed E-state index contributed by atoms with van der Waals surface area (Å²) in [6, 6.07) is 13.3. The van der Waals surface area contributed by atoms with Crippen molar-refractivity contribution in [2.24, 2.45) is 0 Å². The zero-order valence-electron chi connectivity index (χ0n) is 17.8. The molecule has 0 atom stereocenters. The zero-order chi connectivity index (χ0) is 22.0. The van der Waals surface area contributed by atoms with Crippen molar-refractivity contribution in [3.05, 3.63) is 70.4 Å². The van der Waals surface area contributed by atoms with Crippen molar-refractivity contribution in [2.45, 2.75) is 26.1 Å². The molecule has 31 heavy (non-hydrogen) atoms. The molecule has 8 heteroatoms. The van der Waals surface area contributed by atoms with E-state index >= 15 is 0 Å². The molecule has 0 spiro atoms. The smallest absolute Gasteiger partial charge is 0.267 e. The molecule has 2 aromatic carbocycles. The first-order valence-corrected chi connectivity index (χ1v) is 11.9. The zero-order valence-corrected chi connectivity index (χ0v) is 18.6. The molecule has 0 unspecified atom stereocenters. The second-order valence-corrected chi connectivity index (χ2v) is 9.91. The Morgan fingerprint density at radius 1 is 1.10 bits per heavy atom. The maximum absolute atomic E-state index is 12.8. The van der Waals surface area contributed by atoms with Crippen LogP contribution in [0.5, 0.6) is 0 Å². The molecule has 1 aliphatic heterocycles. The van der Waals surface area contributed by atoms with Crippen LogP contribution in [0.1, 0.15) is 32.7 Å². The van der Waals surface area contributed by atoms with Gasteiger partial charge in [-0.25, -0.2) is 8.42 Å². The number of amides is 1. The first-order valence-electron chi connectivity index (χ1n) is 10.3. The number of hydrogen-bond donors (Lipinski definition) is 2. The Balaban J connectivity index is 1.48. The number of aromatic nitrogens is 1. The molecule has 0 bridgehead atoms. The summed E-state index contributed by atoms with van der Waals surface area (Å²) in [6.45, 7) is 5.88. The van der Waals surface area contributed by atoms with Crippen molar-refractivity contribution in [3.63, 3.8) is 0 Å². The number of nitrogens with one attached hydrogen (secondary N) is 2. The van der Waals surface area contributed by atoms with Gasteiger partial charge in [-0.1, -0.05) is 30.3 Å². The quantitative estimate of drug-likeness (QED) is 0.615. The van der Waals surface area contributed by atoms with Gasteiger partial charge in [0.05, 0.1) is 19.0 Å². The van der Waals surface area contributed by atoms with E-state index in [-0.39, 0.29) is 18.2 Å². The van der Waals surface area contributed by atoms with Crippen LogP contribution in [0.3, 0.4) is 0 Å². The lowest BCUT2D eigenvalue weighted by Gasteiger charge is -2.26. The lowest BCUT2D eigenvalue weighted by Crippen LogP contribution is -2.41. The second-order valence-electron chi connectivity index (χ2n) is 7.95. The summed E-state index contributed by atoms with van der Waals surface area (Å²) in [5, 5.41) is 3.94. The fourth-order valence-electron chi connectivity index (χ4n) is 3.98. The number of benzene rings is 2. The van der Waals surface area contributed by atoms with E-state index in [9.17, 15) is 13.2 Å². The summed E-state index contributed by atoms with van der Waals surface area (Å²) in [4.78, 5) is 15.9. The average molecular weight is 442 g/mol. The van der Waals surface area contributed by atoms with E-state index in [4.69, 9.17) is 4.74 Å². The number of fused-ring (bicyclic) bond motifs is 1. The van der Waals surface area contributed by atoms with Gasteiger partial charge in [0.2, 0.25) is 10.0 Å². The molecule has 1 saturated heterocycles. The highest BCUT2D eigenvalue weighted by molar-refractivity contribution is 7.88. The van der Waals surface area contributed by atoms with Crippen LogP contribution in [-0.2, 0) is 27.1 Å². The SMILES string of the molecule is Cc1cc(C)c2cc(C(=O)NCc3ccccc3CS(=O)(=O)N3CCOCC3)[nH]c2c1. The van der Waals surface area contributed by atoms with Crippen LogP contribution in [0.4, 0.5) is 0 Å². The summed E-state index contributed by atoms with van der Waals surface area (Å²) >= 11 is 0. The van der Waals surface area contributed by atoms with Gasteiger partial charge in [0, 0.05) is 30.5 Å². The Bertz CT molecular complexity index is 1210. The maximum Gasteiger partial charge on any atom is 0.267 e. The van der Waals surface area contributed by atoms with Gasteiger partial charge in [-0.15, -0.1) is 0 Å². The van der Waals surface area contributed by atoms with Gasteiger partial charge in [0.25, 0.3) is 5.91 Å². The van der Waals surface area contributed by atoms with Gasteiger partial charge in [-0.2, -0.15) is 4.31 Å². The molecule has 1 amide bonds. The summed E-state index contributed by atoms with van der Waals surface area (Å²) in [5.41, 5.74) is 5.15. The number of nitrogens with zero attached hydrogens (tertiary/aromatic N) is 1. The molecule has 1 aliphatic rings. The molecule has 4 rings (SSSR count). The Hall–Kier alpha value is -2.68. The van der Waals surface area contributed by atoms with Crippen molar-refractivity contribution in [2.75, 3.05) is 26.3 Å². The number of carbonyl (C=O) groups is 1. The molecular weight excluding hydrogens is 414 g/mol. The van der Waals surface area contributed by atoms with Crippen LogP contribution in [0.15, 0.2) is 42.5 Å². The van der Waals surface area contributed by atoms with Gasteiger partial charge in [0.1, 0.15) is 5.69 Å². The molecule has 1 fully saturated rings. The number of carbonyl (C=O) groups excluding carboxylic acids is 1. The van der Waals surface area contributed by atoms with E-state index in [1.165, 1.54) is 4.31 Å². The predicted molar refractivity (Wildman–Crippen MR) is 120 cm³/mol. The number of sulfonamides is 1. The summed E-state index contributed by atoms with van der Waals surface area (Å²) < 4.78 is 32.3. The molecule has 0 saturated carbocycles. The number of morpholine rings is 1. The third-order valence-electron chi connectivity index (χ3n) is 5.59. The minimum Gasteiger partial charge on any atom is -0.379 e. The minimum atomic E-state index is -3.44. The van der Waals surface area contributed by atoms with Gasteiger partial charge < -0.3 is 15.0 Å². The number of H-pyrrole nitrogens is 1. The lowest BCUT2D eigenvalue weighted by molar-refractivity contribution is 0.0729. The third-order valence-corrected chi connectivity index (χ3v) is 7.42. The van der Waals surface area contributed by atoms with Crippen LogP contribution in [0.2, 0.25) is 0 Å². The monoisotopic (exact) mass is 441 g/mol. The first kappa shape index (κ1) is 21.5. The largest absolute Gasteiger partial charge is 0.379 e. The summed E-state index contributed by atoms with van der Waals surface area (Å²) in [5.74, 6) is -0.316. The van der Waals surface area contributed by atoms with E-state index in [1.54, 1.807) is 6.07 Å². The van der Waals surface area contributed by atoms with Gasteiger partial charge >= 0.3 is 0 Å². The van der Waals surface area contributed by atoms with E-state index < -0.39 is 10.0 Å². The van der Waals surface area contributed by atoms with Crippen molar-refractivity contribution in [1.29, 1.82) is 0 Å². The fourth-order valence-corrected chi connectivity index (χ4v) is 5.54. The van der Waals surface area contributed by atoms with Crippen LogP contribution in [-0.4, -0.2) is 49.9 Å². The van der Waals surface area contributed by atoms with Crippen molar-refractivity contribution in [3.8, 4) is 0 Å². The predicted octanol–water partition coefficient (Wildman–Crippen LogP) is 2.88. The highest BCUT2D eigenvalue weighted by atomic mass is 32.2. The minimum absolute atomic E-state index is 0.0934. The topological polar surface area (TPSA) is 91.5 Å². The Morgan fingerprint density at radius 2 is 1.81 bits per heavy atom. The molecule has 2 N–H and O–H groups in total. The summed E-state index contributed by atoms with van der Waals surface area (Å²) in [7, 11) is -3.44. The van der Waals surface area contributed by atoms with Crippen molar-refractivity contribution in [1.82, 2.24) is 14.6 Å². The summed E-state index contributed by atoms with van der Waals surface area (Å²) in [6.07, 6.45) is 0. The fraction of sp³-hybridized carbons (Fsp3) is 0.348. The van der Waals surface area contributed by atoms with Crippen LogP contribution in [0, 0.1) is 13.8 Å². The molecule has 3 aromatic rings. The Kier molecular flexibility index (Phi) is 6.13. The molecule has 0 radical (unpaired) electrons. The van der Waals surface area contributed by atoms with Gasteiger partial charge in [-0.3, -0.25) is 4.79 Å². The molecule has 0 aliphatic carbocycles. The molecule has 2 heterocycles. The van der Waals surface area contributed by atoms with Gasteiger partial charge in [0.15, 0.2) is 0 Å². The highest BCUT2D eigenvalue weighted by Crippen LogP contribution is 2.22. The molecule has 164 valence electrons. The number of aryl methyl sites for hydroxylation is 2. The molecular formula is C23H27N3O4S. The maximum atomic E-state index is 12.8. The van der Waals surface area contributed by atoms with Crippen LogP contribution in [0.25, 0.3) is 10.9 Å². The van der Waals surface area contributed by atoms with Crippen LogP contribution >= 0.6 is 0 Å². The average Bonchev–Trinajstić information content (AvgIpc) is 3.18. The van der Waals surface area contributed by atoms with Crippen molar-refractivity contribution < 1.29 is 17.9 Å². The Labute approximate surface area is 182 Å². The standard InChI is InChI=1S/C23H27N3O4S/c1-16-11-17(2)20-13-22(25-21(20)12-16)23(27)24-14-18-5-3-4-6-19(18)15-31(28,29)26-7-9-30-10-8-26/h3-6,11-13,25H,7-10,14-15H2,1-2H3,(H,24,27). The molecule has 7 nitrogen and oxygen atoms in total. The van der Waals surface area contributed by atoms with E-state index in [2.05, 4.69) is 16.4 Å². The van der Waals surface area contributed by atoms with Crippen LogP contribution < -0.4 is 5.32 Å². The number of ether oxygens (including phenoxy) is 1. The van der Waals surface area contributed by atoms with E-state index in [0.717, 1.165) is 27.6 Å². The first-order chi connectivity index (χ1) is 14.8.